The van der Waals surface area contributed by atoms with Crippen molar-refractivity contribution in [2.75, 3.05) is 5.32 Å². The quantitative estimate of drug-likeness (QED) is 0.755. The summed E-state index contributed by atoms with van der Waals surface area (Å²) in [6, 6.07) is 4.58. The Morgan fingerprint density at radius 1 is 1.29 bits per heavy atom. The zero-order valence-corrected chi connectivity index (χ0v) is 11.6. The summed E-state index contributed by atoms with van der Waals surface area (Å²) in [6.07, 6.45) is 1.34. The van der Waals surface area contributed by atoms with Gasteiger partial charge in [-0.25, -0.2) is 8.78 Å². The van der Waals surface area contributed by atoms with Gasteiger partial charge >= 0.3 is 0 Å². The molecule has 0 radical (unpaired) electrons. The van der Waals surface area contributed by atoms with E-state index in [9.17, 15) is 8.78 Å². The number of nitrogens with one attached hydrogen (secondary N) is 1. The molecule has 1 atom stereocenters. The number of fused-ring (bicyclic) bond motifs is 1. The van der Waals surface area contributed by atoms with Crippen molar-refractivity contribution in [1.82, 2.24) is 19.6 Å². The number of halogens is 3. The van der Waals surface area contributed by atoms with Gasteiger partial charge in [-0.1, -0.05) is 17.7 Å². The standard InChI is InChI=1S/C13H10ClF2N5/c1-7(9-3-2-8(15)4-10(9)16)19-12-5-11(14)20-13-17-6-18-21(12)13/h2-7,19H,1H3/t7-/m1/s1. The number of benzene rings is 1. The molecule has 0 aliphatic carbocycles. The van der Waals surface area contributed by atoms with Gasteiger partial charge in [0.05, 0.1) is 6.04 Å². The molecule has 1 aromatic carbocycles. The summed E-state index contributed by atoms with van der Waals surface area (Å²) in [5, 5.41) is 7.31. The van der Waals surface area contributed by atoms with Crippen molar-refractivity contribution in [3.05, 3.63) is 52.9 Å². The number of hydrogen-bond acceptors (Lipinski definition) is 4. The van der Waals surface area contributed by atoms with Gasteiger partial charge in [0.1, 0.15) is 28.9 Å². The van der Waals surface area contributed by atoms with Crippen LogP contribution in [0, 0.1) is 11.6 Å². The lowest BCUT2D eigenvalue weighted by Gasteiger charge is -2.17. The van der Waals surface area contributed by atoms with Crippen LogP contribution in [0.5, 0.6) is 0 Å². The van der Waals surface area contributed by atoms with E-state index in [1.165, 1.54) is 23.0 Å². The molecule has 0 saturated carbocycles. The van der Waals surface area contributed by atoms with Crippen LogP contribution in [-0.2, 0) is 0 Å². The van der Waals surface area contributed by atoms with Crippen LogP contribution in [0.2, 0.25) is 5.15 Å². The summed E-state index contributed by atoms with van der Waals surface area (Å²) in [4.78, 5) is 7.94. The highest BCUT2D eigenvalue weighted by Gasteiger charge is 2.14. The summed E-state index contributed by atoms with van der Waals surface area (Å²) >= 11 is 5.91. The average molecular weight is 310 g/mol. The number of nitrogens with zero attached hydrogens (tertiary/aromatic N) is 4. The molecule has 5 nitrogen and oxygen atoms in total. The largest absolute Gasteiger partial charge is 0.363 e. The molecule has 0 unspecified atom stereocenters. The Labute approximate surface area is 123 Å². The third-order valence-electron chi connectivity index (χ3n) is 3.01. The summed E-state index contributed by atoms with van der Waals surface area (Å²) in [5.41, 5.74) is 0.331. The molecule has 3 rings (SSSR count). The monoisotopic (exact) mass is 309 g/mol. The maximum absolute atomic E-state index is 13.8. The van der Waals surface area contributed by atoms with Gasteiger partial charge in [0, 0.05) is 17.7 Å². The van der Waals surface area contributed by atoms with E-state index in [2.05, 4.69) is 20.4 Å². The minimum atomic E-state index is -0.620. The first-order valence-corrected chi connectivity index (χ1v) is 6.50. The molecule has 0 amide bonds. The molecule has 0 bridgehead atoms. The molecule has 8 heteroatoms. The first-order valence-electron chi connectivity index (χ1n) is 6.12. The molecule has 2 heterocycles. The van der Waals surface area contributed by atoms with Crippen LogP contribution in [0.1, 0.15) is 18.5 Å². The van der Waals surface area contributed by atoms with Crippen LogP contribution in [-0.4, -0.2) is 19.6 Å². The Bertz CT molecular complexity index is 804. The van der Waals surface area contributed by atoms with Crippen LogP contribution in [0.25, 0.3) is 5.78 Å². The third kappa shape index (κ3) is 2.64. The van der Waals surface area contributed by atoms with Crippen LogP contribution in [0.15, 0.2) is 30.6 Å². The zero-order valence-electron chi connectivity index (χ0n) is 10.9. The molecule has 3 aromatic rings. The maximum Gasteiger partial charge on any atom is 0.255 e. The van der Waals surface area contributed by atoms with E-state index >= 15 is 0 Å². The second-order valence-corrected chi connectivity index (χ2v) is 4.86. The first kappa shape index (κ1) is 13.7. The summed E-state index contributed by atoms with van der Waals surface area (Å²) in [6.45, 7) is 1.74. The van der Waals surface area contributed by atoms with E-state index in [4.69, 9.17) is 11.6 Å². The molecule has 0 aliphatic rings. The molecule has 0 spiro atoms. The van der Waals surface area contributed by atoms with E-state index in [0.717, 1.165) is 6.07 Å². The SMILES string of the molecule is C[C@@H](Nc1cc(Cl)nc2ncnn12)c1ccc(F)cc1F. The van der Waals surface area contributed by atoms with Crippen LogP contribution in [0.4, 0.5) is 14.6 Å². The zero-order chi connectivity index (χ0) is 15.0. The average Bonchev–Trinajstić information content (AvgIpc) is 2.86. The second-order valence-electron chi connectivity index (χ2n) is 4.47. The third-order valence-corrected chi connectivity index (χ3v) is 3.21. The highest BCUT2D eigenvalue weighted by molar-refractivity contribution is 6.29. The van der Waals surface area contributed by atoms with Gasteiger partial charge in [0.15, 0.2) is 0 Å². The molecular weight excluding hydrogens is 300 g/mol. The minimum absolute atomic E-state index is 0.241. The maximum atomic E-state index is 13.8. The first-order chi connectivity index (χ1) is 10.0. The minimum Gasteiger partial charge on any atom is -0.363 e. The molecular formula is C13H10ClF2N5. The lowest BCUT2D eigenvalue weighted by molar-refractivity contribution is 0.566. The fourth-order valence-corrected chi connectivity index (χ4v) is 2.22. The Balaban J connectivity index is 1.96. The molecule has 108 valence electrons. The summed E-state index contributed by atoms with van der Waals surface area (Å²) in [5.74, 6) is -0.394. The van der Waals surface area contributed by atoms with Gasteiger partial charge in [-0.2, -0.15) is 19.6 Å². The van der Waals surface area contributed by atoms with E-state index < -0.39 is 17.7 Å². The van der Waals surface area contributed by atoms with Crippen molar-refractivity contribution >= 4 is 23.2 Å². The van der Waals surface area contributed by atoms with Crippen LogP contribution >= 0.6 is 11.6 Å². The molecule has 21 heavy (non-hydrogen) atoms. The van der Waals surface area contributed by atoms with Crippen molar-refractivity contribution < 1.29 is 8.78 Å². The molecule has 1 N–H and O–H groups in total. The topological polar surface area (TPSA) is 55.1 Å². The predicted molar refractivity (Wildman–Crippen MR) is 74.2 cm³/mol. The predicted octanol–water partition coefficient (Wildman–Crippen LogP) is 3.23. The van der Waals surface area contributed by atoms with Gasteiger partial charge in [-0.15, -0.1) is 0 Å². The van der Waals surface area contributed by atoms with E-state index in [0.29, 0.717) is 17.2 Å². The summed E-state index contributed by atoms with van der Waals surface area (Å²) < 4.78 is 28.2. The lowest BCUT2D eigenvalue weighted by atomic mass is 10.1. The highest BCUT2D eigenvalue weighted by Crippen LogP contribution is 2.23. The number of aromatic nitrogens is 4. The van der Waals surface area contributed by atoms with Crippen molar-refractivity contribution in [2.24, 2.45) is 0 Å². The number of anilines is 1. The van der Waals surface area contributed by atoms with E-state index in [-0.39, 0.29) is 5.15 Å². The highest BCUT2D eigenvalue weighted by atomic mass is 35.5. The van der Waals surface area contributed by atoms with Crippen LogP contribution < -0.4 is 5.32 Å². The lowest BCUT2D eigenvalue weighted by Crippen LogP contribution is -2.12. The van der Waals surface area contributed by atoms with Crippen molar-refractivity contribution in [3.63, 3.8) is 0 Å². The Morgan fingerprint density at radius 2 is 2.10 bits per heavy atom. The van der Waals surface area contributed by atoms with E-state index in [1.54, 1.807) is 13.0 Å². The number of rotatable bonds is 3. The Hall–Kier alpha value is -2.28. The Morgan fingerprint density at radius 3 is 2.86 bits per heavy atom. The molecule has 0 fully saturated rings. The van der Waals surface area contributed by atoms with Gasteiger partial charge in [0.25, 0.3) is 5.78 Å². The van der Waals surface area contributed by atoms with E-state index in [1.807, 2.05) is 0 Å². The van der Waals surface area contributed by atoms with Crippen molar-refractivity contribution in [2.45, 2.75) is 13.0 Å². The van der Waals surface area contributed by atoms with Gasteiger partial charge < -0.3 is 5.32 Å². The van der Waals surface area contributed by atoms with Crippen LogP contribution in [0.3, 0.4) is 0 Å². The molecule has 0 saturated heterocycles. The van der Waals surface area contributed by atoms with Crippen molar-refractivity contribution in [1.29, 1.82) is 0 Å². The molecule has 0 aliphatic heterocycles. The number of hydrogen-bond donors (Lipinski definition) is 1. The fraction of sp³-hybridized carbons (Fsp3) is 0.154. The summed E-state index contributed by atoms with van der Waals surface area (Å²) in [7, 11) is 0. The normalized spacial score (nSPS) is 12.6. The fourth-order valence-electron chi connectivity index (χ4n) is 2.04. The van der Waals surface area contributed by atoms with Gasteiger partial charge in [0.2, 0.25) is 0 Å². The van der Waals surface area contributed by atoms with Crippen molar-refractivity contribution in [3.8, 4) is 0 Å². The second kappa shape index (κ2) is 5.25. The smallest absolute Gasteiger partial charge is 0.255 e. The van der Waals surface area contributed by atoms with Gasteiger partial charge in [-0.05, 0) is 13.0 Å². The van der Waals surface area contributed by atoms with Gasteiger partial charge in [-0.3, -0.25) is 0 Å². The molecule has 2 aromatic heterocycles. The Kier molecular flexibility index (Phi) is 3.42.